The molecule has 6 nitrogen and oxygen atoms in total. The summed E-state index contributed by atoms with van der Waals surface area (Å²) in [5.74, 6) is -4.80. The zero-order chi connectivity index (χ0) is 24.6. The van der Waals surface area contributed by atoms with E-state index < -0.39 is 46.9 Å². The molecule has 2 fully saturated rings. The molecule has 2 saturated heterocycles. The van der Waals surface area contributed by atoms with Crippen LogP contribution in [0.15, 0.2) is 66.7 Å². The molecule has 1 spiro atoms. The Hall–Kier alpha value is -3.32. The highest BCUT2D eigenvalue weighted by atomic mass is 35.5. The predicted molar refractivity (Wildman–Crippen MR) is 129 cm³/mol. The number of fused-ring (bicyclic) bond motifs is 3. The van der Waals surface area contributed by atoms with Gasteiger partial charge in [-0.05, 0) is 48.4 Å². The highest BCUT2D eigenvalue weighted by molar-refractivity contribution is 6.37. The van der Waals surface area contributed by atoms with Crippen molar-refractivity contribution in [2.24, 2.45) is 11.8 Å². The van der Waals surface area contributed by atoms with Crippen molar-refractivity contribution in [2.75, 3.05) is 4.90 Å². The normalized spacial score (nSPS) is 24.4. The highest BCUT2D eigenvalue weighted by Gasteiger charge is 2.74. The van der Waals surface area contributed by atoms with Crippen LogP contribution in [0.3, 0.4) is 0 Å². The Labute approximate surface area is 210 Å². The first kappa shape index (κ1) is 22.2. The van der Waals surface area contributed by atoms with E-state index in [0.717, 1.165) is 4.90 Å². The third-order valence-electron chi connectivity index (χ3n) is 7.22. The minimum absolute atomic E-state index is 0.185. The lowest BCUT2D eigenvalue weighted by Gasteiger charge is -2.27. The van der Waals surface area contributed by atoms with Crippen LogP contribution in [0.1, 0.15) is 37.9 Å². The zero-order valence-corrected chi connectivity index (χ0v) is 19.8. The van der Waals surface area contributed by atoms with Crippen molar-refractivity contribution >= 4 is 52.3 Å². The fraction of sp³-hybridized carbons (Fsp3) is 0.185. The molecular formula is C27H17Cl2NO5. The quantitative estimate of drug-likeness (QED) is 0.361. The summed E-state index contributed by atoms with van der Waals surface area (Å²) in [6.07, 6.45) is -1.02. The Kier molecular flexibility index (Phi) is 4.81. The number of Topliss-reactive ketones (excluding diaryl/α,β-unsaturated/α-hetero) is 2. The van der Waals surface area contributed by atoms with Crippen LogP contribution in [0.5, 0.6) is 0 Å². The second-order valence-electron chi connectivity index (χ2n) is 8.92. The Morgan fingerprint density at radius 3 is 2.06 bits per heavy atom. The van der Waals surface area contributed by atoms with Crippen LogP contribution < -0.4 is 4.90 Å². The molecule has 3 aromatic carbocycles. The largest absolute Gasteiger partial charge is 0.349 e. The van der Waals surface area contributed by atoms with Gasteiger partial charge in [0, 0.05) is 21.2 Å². The fourth-order valence-corrected chi connectivity index (χ4v) is 5.88. The van der Waals surface area contributed by atoms with Gasteiger partial charge >= 0.3 is 0 Å². The van der Waals surface area contributed by atoms with Gasteiger partial charge in [0.05, 0.1) is 23.6 Å². The number of carbonyl (C=O) groups excluding carboxylic acids is 4. The number of hydrogen-bond donors (Lipinski definition) is 0. The van der Waals surface area contributed by atoms with Crippen LogP contribution >= 0.6 is 23.2 Å². The minimum atomic E-state index is -2.12. The Bertz CT molecular complexity index is 1430. The molecule has 0 N–H and O–H groups in total. The van der Waals surface area contributed by atoms with E-state index >= 15 is 0 Å². The third kappa shape index (κ3) is 2.82. The molecule has 0 unspecified atom stereocenters. The van der Waals surface area contributed by atoms with Crippen molar-refractivity contribution in [3.05, 3.63) is 99.0 Å². The van der Waals surface area contributed by atoms with E-state index in [-0.39, 0.29) is 11.1 Å². The molecule has 3 atom stereocenters. The van der Waals surface area contributed by atoms with Crippen LogP contribution in [0, 0.1) is 18.8 Å². The number of halogens is 2. The second-order valence-corrected chi connectivity index (χ2v) is 9.77. The van der Waals surface area contributed by atoms with Crippen molar-refractivity contribution < 1.29 is 23.9 Å². The van der Waals surface area contributed by atoms with Crippen LogP contribution in [0.2, 0.25) is 10.0 Å². The van der Waals surface area contributed by atoms with Crippen LogP contribution in [-0.2, 0) is 14.3 Å². The van der Waals surface area contributed by atoms with Gasteiger partial charge in [-0.15, -0.1) is 0 Å². The summed E-state index contributed by atoms with van der Waals surface area (Å²) in [5, 5.41) is 0.888. The summed E-state index contributed by atoms with van der Waals surface area (Å²) in [5.41, 5.74) is -0.238. The summed E-state index contributed by atoms with van der Waals surface area (Å²) in [7, 11) is 0. The number of nitrogens with zero attached hydrogens (tertiary/aromatic N) is 1. The Morgan fingerprint density at radius 1 is 0.800 bits per heavy atom. The van der Waals surface area contributed by atoms with Gasteiger partial charge in [0.2, 0.25) is 29.0 Å². The van der Waals surface area contributed by atoms with Crippen molar-refractivity contribution in [3.8, 4) is 0 Å². The maximum atomic E-state index is 13.9. The number of ketones is 2. The van der Waals surface area contributed by atoms with Gasteiger partial charge in [-0.25, -0.2) is 4.90 Å². The monoisotopic (exact) mass is 505 g/mol. The van der Waals surface area contributed by atoms with Gasteiger partial charge in [-0.3, -0.25) is 19.2 Å². The molecule has 3 aromatic rings. The van der Waals surface area contributed by atoms with E-state index in [1.807, 2.05) is 0 Å². The Balaban J connectivity index is 1.57. The number of imide groups is 1. The molecule has 0 saturated carbocycles. The van der Waals surface area contributed by atoms with Gasteiger partial charge in [-0.2, -0.15) is 0 Å². The summed E-state index contributed by atoms with van der Waals surface area (Å²) in [6, 6.07) is 17.8. The zero-order valence-electron chi connectivity index (χ0n) is 18.3. The molecule has 174 valence electrons. The van der Waals surface area contributed by atoms with E-state index in [1.165, 1.54) is 0 Å². The van der Waals surface area contributed by atoms with Crippen LogP contribution in [0.25, 0.3) is 0 Å². The lowest BCUT2D eigenvalue weighted by atomic mass is 9.77. The van der Waals surface area contributed by atoms with Gasteiger partial charge in [0.1, 0.15) is 0 Å². The molecule has 0 bridgehead atoms. The van der Waals surface area contributed by atoms with E-state index in [2.05, 4.69) is 0 Å². The average molecular weight is 506 g/mol. The van der Waals surface area contributed by atoms with Crippen molar-refractivity contribution in [1.29, 1.82) is 0 Å². The summed E-state index contributed by atoms with van der Waals surface area (Å²) >= 11 is 12.4. The van der Waals surface area contributed by atoms with Crippen LogP contribution in [0.4, 0.5) is 5.69 Å². The number of ether oxygens (including phenoxy) is 1. The minimum Gasteiger partial charge on any atom is -0.349 e. The molecule has 2 heterocycles. The third-order valence-corrected chi connectivity index (χ3v) is 7.88. The van der Waals surface area contributed by atoms with E-state index in [9.17, 15) is 19.2 Å². The first-order valence-electron chi connectivity index (χ1n) is 11.0. The number of carbonyl (C=O) groups is 4. The van der Waals surface area contributed by atoms with Crippen molar-refractivity contribution in [3.63, 3.8) is 0 Å². The lowest BCUT2D eigenvalue weighted by Crippen LogP contribution is -2.51. The number of hydrogen-bond acceptors (Lipinski definition) is 5. The molecule has 6 rings (SSSR count). The average Bonchev–Trinajstić information content (AvgIpc) is 3.42. The summed E-state index contributed by atoms with van der Waals surface area (Å²) in [6.45, 7) is 1.77. The number of anilines is 1. The van der Waals surface area contributed by atoms with Crippen LogP contribution in [-0.4, -0.2) is 29.0 Å². The molecule has 2 amide bonds. The Morgan fingerprint density at radius 2 is 1.43 bits per heavy atom. The molecular weight excluding hydrogens is 489 g/mol. The molecule has 1 aliphatic carbocycles. The first-order valence-corrected chi connectivity index (χ1v) is 11.8. The summed E-state index contributed by atoms with van der Waals surface area (Å²) in [4.78, 5) is 56.3. The summed E-state index contributed by atoms with van der Waals surface area (Å²) < 4.78 is 6.30. The fourth-order valence-electron chi connectivity index (χ4n) is 5.58. The maximum absolute atomic E-state index is 13.9. The second kappa shape index (κ2) is 7.59. The molecule has 8 heteroatoms. The smallest absolute Gasteiger partial charge is 0.241 e. The molecule has 0 aromatic heterocycles. The molecule has 2 aliphatic heterocycles. The van der Waals surface area contributed by atoms with Crippen molar-refractivity contribution in [2.45, 2.75) is 18.6 Å². The van der Waals surface area contributed by atoms with Gasteiger partial charge in [-0.1, -0.05) is 59.6 Å². The number of benzene rings is 3. The first-order chi connectivity index (χ1) is 16.8. The molecule has 35 heavy (non-hydrogen) atoms. The lowest BCUT2D eigenvalue weighted by molar-refractivity contribution is -0.127. The number of rotatable bonds is 2. The SMILES string of the molecule is Cc1c(Cl)cccc1[C@@H]1OC2(C(=O)c3ccccc3C2=O)[C@@H]2C(=O)N(c3ccc(Cl)cc3)C(=O)[C@H]21. The topological polar surface area (TPSA) is 80.8 Å². The van der Waals surface area contributed by atoms with Gasteiger partial charge in [0.25, 0.3) is 0 Å². The molecule has 0 radical (unpaired) electrons. The maximum Gasteiger partial charge on any atom is 0.241 e. The van der Waals surface area contributed by atoms with E-state index in [1.54, 1.807) is 73.7 Å². The van der Waals surface area contributed by atoms with Gasteiger partial charge in [0.15, 0.2) is 0 Å². The molecule has 3 aliphatic rings. The standard InChI is InChI=1S/C27H17Cl2NO5/c1-13-16(7-4-8-19(13)29)22-20-21(26(34)30(25(20)33)15-11-9-14(28)10-12-15)27(35-22)23(31)17-5-2-3-6-18(17)24(27)32/h2-12,20-22H,1H3/t20-,21+,22+/m1/s1. The number of amides is 2. The predicted octanol–water partition coefficient (Wildman–Crippen LogP) is 5.00. The van der Waals surface area contributed by atoms with Gasteiger partial charge < -0.3 is 4.74 Å². The van der Waals surface area contributed by atoms with E-state index in [0.29, 0.717) is 26.9 Å². The van der Waals surface area contributed by atoms with E-state index in [4.69, 9.17) is 27.9 Å². The highest BCUT2D eigenvalue weighted by Crippen LogP contribution is 2.58. The van der Waals surface area contributed by atoms with Crippen molar-refractivity contribution in [1.82, 2.24) is 0 Å².